The molecule has 172 valence electrons. The Labute approximate surface area is 193 Å². The molecule has 0 aliphatic carbocycles. The molecule has 0 saturated carbocycles. The van der Waals surface area contributed by atoms with Crippen molar-refractivity contribution in [3.63, 3.8) is 0 Å². The smallest absolute Gasteiger partial charge is 0.377 e. The molecule has 2 aromatic carbocycles. The van der Waals surface area contributed by atoms with Gasteiger partial charge in [-0.2, -0.15) is 13.2 Å². The lowest BCUT2D eigenvalue weighted by atomic mass is 10.1. The van der Waals surface area contributed by atoms with Crippen molar-refractivity contribution in [3.05, 3.63) is 60.3 Å². The molecule has 1 unspecified atom stereocenters. The van der Waals surface area contributed by atoms with Crippen LogP contribution in [0.15, 0.2) is 59.6 Å². The zero-order valence-electron chi connectivity index (χ0n) is 18.1. The third-order valence-electron chi connectivity index (χ3n) is 5.46. The van der Waals surface area contributed by atoms with Crippen LogP contribution in [0.4, 0.5) is 29.3 Å². The molecule has 33 heavy (non-hydrogen) atoms. The van der Waals surface area contributed by atoms with E-state index in [1.165, 1.54) is 29.2 Å². The molecule has 4 rings (SSSR count). The van der Waals surface area contributed by atoms with Gasteiger partial charge in [-0.1, -0.05) is 6.07 Å². The number of halogens is 3. The number of hydrogen-bond donors (Lipinski definition) is 0. The van der Waals surface area contributed by atoms with E-state index in [1.807, 2.05) is 43.3 Å². The number of fused-ring (bicyclic) bond motifs is 1. The summed E-state index contributed by atoms with van der Waals surface area (Å²) >= 11 is -0.248. The molecule has 3 amide bonds. The minimum Gasteiger partial charge on any atom is -0.377 e. The quantitative estimate of drug-likeness (QED) is 0.373. The van der Waals surface area contributed by atoms with Gasteiger partial charge in [0.1, 0.15) is 6.04 Å². The Balaban J connectivity index is 1.64. The van der Waals surface area contributed by atoms with E-state index in [4.69, 9.17) is 0 Å². The van der Waals surface area contributed by atoms with Gasteiger partial charge in [0.2, 0.25) is 0 Å². The van der Waals surface area contributed by atoms with E-state index in [2.05, 4.69) is 4.98 Å². The Morgan fingerprint density at radius 3 is 2.39 bits per heavy atom. The number of benzene rings is 2. The number of amides is 3. The first-order chi connectivity index (χ1) is 15.6. The number of carbonyl (C=O) groups excluding carboxylic acids is 2. The summed E-state index contributed by atoms with van der Waals surface area (Å²) in [5, 5.41) is 0.893. The highest BCUT2D eigenvalue weighted by molar-refractivity contribution is 8.00. The van der Waals surface area contributed by atoms with Crippen molar-refractivity contribution in [1.29, 1.82) is 0 Å². The zero-order valence-corrected chi connectivity index (χ0v) is 18.9. The summed E-state index contributed by atoms with van der Waals surface area (Å²) in [6.45, 7) is 1.83. The molecule has 1 saturated heterocycles. The van der Waals surface area contributed by atoms with Gasteiger partial charge < -0.3 is 9.80 Å². The second-order valence-electron chi connectivity index (χ2n) is 7.84. The van der Waals surface area contributed by atoms with Crippen LogP contribution in [0, 0.1) is 0 Å². The Bertz CT molecular complexity index is 1210. The maximum atomic E-state index is 13.2. The number of rotatable bonds is 5. The third-order valence-corrected chi connectivity index (χ3v) is 6.20. The second-order valence-corrected chi connectivity index (χ2v) is 8.98. The summed E-state index contributed by atoms with van der Waals surface area (Å²) < 4.78 is 37.8. The molecule has 1 aromatic heterocycles. The van der Waals surface area contributed by atoms with Gasteiger partial charge in [-0.15, -0.1) is 0 Å². The van der Waals surface area contributed by atoms with Crippen LogP contribution in [0.1, 0.15) is 12.5 Å². The van der Waals surface area contributed by atoms with E-state index in [9.17, 15) is 22.8 Å². The van der Waals surface area contributed by atoms with Crippen LogP contribution in [0.2, 0.25) is 0 Å². The minimum atomic E-state index is -4.41. The van der Waals surface area contributed by atoms with Crippen molar-refractivity contribution in [2.75, 3.05) is 23.9 Å². The van der Waals surface area contributed by atoms with E-state index >= 15 is 0 Å². The van der Waals surface area contributed by atoms with E-state index in [1.54, 1.807) is 13.1 Å². The maximum absolute atomic E-state index is 13.2. The molecule has 1 fully saturated rings. The molecule has 6 nitrogen and oxygen atoms in total. The van der Waals surface area contributed by atoms with Crippen LogP contribution in [0.25, 0.3) is 10.9 Å². The van der Waals surface area contributed by atoms with E-state index in [-0.39, 0.29) is 28.9 Å². The van der Waals surface area contributed by atoms with E-state index in [0.29, 0.717) is 0 Å². The predicted molar refractivity (Wildman–Crippen MR) is 122 cm³/mol. The fourth-order valence-corrected chi connectivity index (χ4v) is 4.43. The van der Waals surface area contributed by atoms with Crippen LogP contribution in [0.3, 0.4) is 0 Å². The average molecular weight is 475 g/mol. The largest absolute Gasteiger partial charge is 0.446 e. The van der Waals surface area contributed by atoms with Gasteiger partial charge in [0.25, 0.3) is 5.91 Å². The SMILES string of the molecule is CC1C(=O)N(c2ccc(SC(F)(F)F)cc2)C(=O)N1Cc1ccnc2cccc(N(C)C)c12. The zero-order chi connectivity index (χ0) is 23.9. The van der Waals surface area contributed by atoms with Crippen LogP contribution in [0.5, 0.6) is 0 Å². The van der Waals surface area contributed by atoms with Crippen LogP contribution in [-0.4, -0.2) is 47.5 Å². The predicted octanol–water partition coefficient (Wildman–Crippen LogP) is 5.27. The van der Waals surface area contributed by atoms with Gasteiger partial charge in [-0.25, -0.2) is 9.69 Å². The molecule has 0 bridgehead atoms. The normalized spacial score (nSPS) is 16.7. The topological polar surface area (TPSA) is 56.8 Å². The maximum Gasteiger partial charge on any atom is 0.446 e. The highest BCUT2D eigenvalue weighted by atomic mass is 32.2. The van der Waals surface area contributed by atoms with Crippen molar-refractivity contribution in [2.45, 2.75) is 29.9 Å². The second kappa shape index (κ2) is 8.58. The molecule has 1 aliphatic heterocycles. The highest BCUT2D eigenvalue weighted by Crippen LogP contribution is 2.38. The van der Waals surface area contributed by atoms with Crippen LogP contribution < -0.4 is 9.80 Å². The molecule has 10 heteroatoms. The van der Waals surface area contributed by atoms with Crippen molar-refractivity contribution in [2.24, 2.45) is 0 Å². The standard InChI is InChI=1S/C23H21F3N4O2S/c1-14-21(31)30(16-7-9-17(10-8-16)33-23(24,25)26)22(32)29(14)13-15-11-12-27-18-5-4-6-19(20(15)18)28(2)3/h4-12,14H,13H2,1-3H3. The lowest BCUT2D eigenvalue weighted by Crippen LogP contribution is -2.33. The lowest BCUT2D eigenvalue weighted by Gasteiger charge is -2.22. The Kier molecular flexibility index (Phi) is 5.96. The number of hydrogen-bond acceptors (Lipinski definition) is 5. The van der Waals surface area contributed by atoms with Gasteiger partial charge in [0.05, 0.1) is 11.2 Å². The molecule has 0 spiro atoms. The summed E-state index contributed by atoms with van der Waals surface area (Å²) in [5.41, 5.74) is -1.62. The number of carbonyl (C=O) groups is 2. The average Bonchev–Trinajstić information content (AvgIpc) is 2.96. The summed E-state index contributed by atoms with van der Waals surface area (Å²) in [5.74, 6) is -0.428. The number of imide groups is 1. The summed E-state index contributed by atoms with van der Waals surface area (Å²) in [6, 6.07) is 11.5. The molecule has 1 atom stereocenters. The molecule has 0 radical (unpaired) electrons. The highest BCUT2D eigenvalue weighted by Gasteiger charge is 2.43. The fraction of sp³-hybridized carbons (Fsp3) is 0.261. The molecular formula is C23H21F3N4O2S. The fourth-order valence-electron chi connectivity index (χ4n) is 3.89. The minimum absolute atomic E-state index is 0.0188. The van der Waals surface area contributed by atoms with Crippen molar-refractivity contribution in [1.82, 2.24) is 9.88 Å². The number of thioether (sulfide) groups is 1. The lowest BCUT2D eigenvalue weighted by molar-refractivity contribution is -0.119. The number of nitrogens with zero attached hydrogens (tertiary/aromatic N) is 4. The van der Waals surface area contributed by atoms with Crippen LogP contribution >= 0.6 is 11.8 Å². The van der Waals surface area contributed by atoms with Crippen LogP contribution in [-0.2, 0) is 11.3 Å². The Morgan fingerprint density at radius 1 is 1.06 bits per heavy atom. The van der Waals surface area contributed by atoms with Crippen molar-refractivity contribution >= 4 is 46.0 Å². The summed E-state index contributed by atoms with van der Waals surface area (Å²) in [6.07, 6.45) is 1.67. The number of aromatic nitrogens is 1. The number of pyridine rings is 1. The van der Waals surface area contributed by atoms with Gasteiger partial charge in [0, 0.05) is 42.8 Å². The first-order valence-electron chi connectivity index (χ1n) is 10.1. The summed E-state index contributed by atoms with van der Waals surface area (Å²) in [4.78, 5) is 35.0. The molecule has 0 N–H and O–H groups in total. The van der Waals surface area contributed by atoms with E-state index in [0.717, 1.165) is 27.1 Å². The molecule has 2 heterocycles. The van der Waals surface area contributed by atoms with Gasteiger partial charge in [0.15, 0.2) is 0 Å². The van der Waals surface area contributed by atoms with Crippen molar-refractivity contribution in [3.8, 4) is 0 Å². The first kappa shape index (κ1) is 22.9. The number of alkyl halides is 3. The Hall–Kier alpha value is -3.27. The molecule has 3 aromatic rings. The number of urea groups is 1. The molecular weight excluding hydrogens is 453 g/mol. The summed E-state index contributed by atoms with van der Waals surface area (Å²) in [7, 11) is 3.84. The van der Waals surface area contributed by atoms with Crippen molar-refractivity contribution < 1.29 is 22.8 Å². The molecule has 1 aliphatic rings. The number of anilines is 2. The monoisotopic (exact) mass is 474 g/mol. The van der Waals surface area contributed by atoms with Gasteiger partial charge >= 0.3 is 11.5 Å². The first-order valence-corrected chi connectivity index (χ1v) is 10.9. The Morgan fingerprint density at radius 2 is 1.76 bits per heavy atom. The van der Waals surface area contributed by atoms with Gasteiger partial charge in [-0.3, -0.25) is 9.78 Å². The van der Waals surface area contributed by atoms with Gasteiger partial charge in [-0.05, 0) is 66.7 Å². The van der Waals surface area contributed by atoms with E-state index < -0.39 is 23.5 Å². The third kappa shape index (κ3) is 4.47.